The molecule has 0 saturated carbocycles. The number of hydrogen-bond donors (Lipinski definition) is 0. The SMILES string of the molecule is CCN1CCCC1c1nc2ccc(C=O)cn2n1. The lowest BCUT2D eigenvalue weighted by molar-refractivity contribution is 0.112. The highest BCUT2D eigenvalue weighted by Crippen LogP contribution is 2.29. The van der Waals surface area contributed by atoms with E-state index < -0.39 is 0 Å². The molecule has 1 aliphatic heterocycles. The van der Waals surface area contributed by atoms with Crippen LogP contribution in [-0.2, 0) is 0 Å². The molecule has 0 bridgehead atoms. The van der Waals surface area contributed by atoms with E-state index in [-0.39, 0.29) is 0 Å². The number of aldehydes is 1. The van der Waals surface area contributed by atoms with Crippen LogP contribution in [0.3, 0.4) is 0 Å². The molecule has 0 aromatic carbocycles. The first-order chi connectivity index (χ1) is 8.81. The van der Waals surface area contributed by atoms with Gasteiger partial charge in [-0.2, -0.15) is 0 Å². The molecule has 0 N–H and O–H groups in total. The van der Waals surface area contributed by atoms with Crippen LogP contribution in [0.5, 0.6) is 0 Å². The van der Waals surface area contributed by atoms with Crippen LogP contribution >= 0.6 is 0 Å². The number of likely N-dealkylation sites (tertiary alicyclic amines) is 1. The number of fused-ring (bicyclic) bond motifs is 1. The molecular weight excluding hydrogens is 228 g/mol. The lowest BCUT2D eigenvalue weighted by atomic mass is 10.2. The van der Waals surface area contributed by atoms with Gasteiger partial charge in [0.2, 0.25) is 0 Å². The highest BCUT2D eigenvalue weighted by atomic mass is 16.1. The summed E-state index contributed by atoms with van der Waals surface area (Å²) in [6.45, 7) is 4.31. The summed E-state index contributed by atoms with van der Waals surface area (Å²) in [4.78, 5) is 17.7. The monoisotopic (exact) mass is 244 g/mol. The van der Waals surface area contributed by atoms with E-state index in [9.17, 15) is 4.79 Å². The summed E-state index contributed by atoms with van der Waals surface area (Å²) >= 11 is 0. The first-order valence-electron chi connectivity index (χ1n) is 6.37. The van der Waals surface area contributed by atoms with Crippen molar-refractivity contribution in [1.82, 2.24) is 19.5 Å². The van der Waals surface area contributed by atoms with Gasteiger partial charge in [-0.15, -0.1) is 5.10 Å². The second-order valence-electron chi connectivity index (χ2n) is 4.64. The Labute approximate surface area is 105 Å². The van der Waals surface area contributed by atoms with Crippen molar-refractivity contribution in [2.45, 2.75) is 25.8 Å². The molecule has 0 radical (unpaired) electrons. The number of pyridine rings is 1. The smallest absolute Gasteiger partial charge is 0.168 e. The molecule has 0 amide bonds. The molecule has 2 aromatic heterocycles. The average molecular weight is 244 g/mol. The molecule has 3 heterocycles. The second kappa shape index (κ2) is 4.49. The Kier molecular flexibility index (Phi) is 2.83. The van der Waals surface area contributed by atoms with E-state index >= 15 is 0 Å². The Morgan fingerprint density at radius 1 is 1.50 bits per heavy atom. The maximum atomic E-state index is 10.7. The van der Waals surface area contributed by atoms with Crippen LogP contribution in [0.2, 0.25) is 0 Å². The molecular formula is C13H16N4O. The lowest BCUT2D eigenvalue weighted by Gasteiger charge is -2.19. The fraction of sp³-hybridized carbons (Fsp3) is 0.462. The minimum absolute atomic E-state index is 0.328. The maximum Gasteiger partial charge on any atom is 0.168 e. The van der Waals surface area contributed by atoms with Gasteiger partial charge in [-0.25, -0.2) is 9.50 Å². The maximum absolute atomic E-state index is 10.7. The number of aromatic nitrogens is 3. The Hall–Kier alpha value is -1.75. The number of hydrogen-bond acceptors (Lipinski definition) is 4. The van der Waals surface area contributed by atoms with E-state index in [4.69, 9.17) is 0 Å². The molecule has 1 atom stereocenters. The molecule has 1 saturated heterocycles. The van der Waals surface area contributed by atoms with Gasteiger partial charge in [-0.3, -0.25) is 9.69 Å². The van der Waals surface area contributed by atoms with Gasteiger partial charge in [0.05, 0.1) is 6.04 Å². The third kappa shape index (κ3) is 1.80. The average Bonchev–Trinajstić information content (AvgIpc) is 3.03. The molecule has 2 aromatic rings. The largest absolute Gasteiger partial charge is 0.298 e. The standard InChI is InChI=1S/C13H16N4O/c1-2-16-7-3-4-11(16)13-14-12-6-5-10(9-18)8-17(12)15-13/h5-6,8-9,11H,2-4,7H2,1H3. The van der Waals surface area contributed by atoms with Crippen LogP contribution in [0, 0.1) is 0 Å². The highest BCUT2D eigenvalue weighted by Gasteiger charge is 2.27. The quantitative estimate of drug-likeness (QED) is 0.771. The van der Waals surface area contributed by atoms with Gasteiger partial charge in [0.1, 0.15) is 0 Å². The van der Waals surface area contributed by atoms with Crippen LogP contribution in [0.4, 0.5) is 0 Å². The Morgan fingerprint density at radius 3 is 3.17 bits per heavy atom. The predicted molar refractivity (Wildman–Crippen MR) is 67.6 cm³/mol. The van der Waals surface area contributed by atoms with Crippen LogP contribution in [-0.4, -0.2) is 38.9 Å². The first kappa shape index (κ1) is 11.3. The Balaban J connectivity index is 2.00. The molecule has 18 heavy (non-hydrogen) atoms. The summed E-state index contributed by atoms with van der Waals surface area (Å²) in [6, 6.07) is 3.94. The number of nitrogens with zero attached hydrogens (tertiary/aromatic N) is 4. The molecule has 5 heteroatoms. The third-order valence-corrected chi connectivity index (χ3v) is 3.57. The van der Waals surface area contributed by atoms with Crippen molar-refractivity contribution in [2.75, 3.05) is 13.1 Å². The minimum Gasteiger partial charge on any atom is -0.298 e. The zero-order valence-corrected chi connectivity index (χ0v) is 10.4. The van der Waals surface area contributed by atoms with Crippen molar-refractivity contribution < 1.29 is 4.79 Å². The summed E-state index contributed by atoms with van der Waals surface area (Å²) in [5, 5.41) is 4.51. The van der Waals surface area contributed by atoms with Crippen LogP contribution in [0.1, 0.15) is 42.0 Å². The van der Waals surface area contributed by atoms with Gasteiger partial charge in [0.25, 0.3) is 0 Å². The summed E-state index contributed by atoms with van der Waals surface area (Å²) in [5.41, 5.74) is 1.43. The normalized spacial score (nSPS) is 20.6. The van der Waals surface area contributed by atoms with Crippen LogP contribution in [0.25, 0.3) is 5.65 Å². The lowest BCUT2D eigenvalue weighted by Crippen LogP contribution is -2.23. The first-order valence-corrected chi connectivity index (χ1v) is 6.37. The Morgan fingerprint density at radius 2 is 2.39 bits per heavy atom. The van der Waals surface area contributed by atoms with Gasteiger partial charge >= 0.3 is 0 Å². The summed E-state index contributed by atoms with van der Waals surface area (Å²) in [5.74, 6) is 0.873. The van der Waals surface area contributed by atoms with Crippen LogP contribution in [0.15, 0.2) is 18.3 Å². The fourth-order valence-electron chi connectivity index (χ4n) is 2.62. The fourth-order valence-corrected chi connectivity index (χ4v) is 2.62. The molecule has 1 unspecified atom stereocenters. The summed E-state index contributed by atoms with van der Waals surface area (Å²) < 4.78 is 1.70. The zero-order chi connectivity index (χ0) is 12.5. The van der Waals surface area contributed by atoms with Crippen molar-refractivity contribution in [3.63, 3.8) is 0 Å². The third-order valence-electron chi connectivity index (χ3n) is 3.57. The van der Waals surface area contributed by atoms with E-state index in [1.807, 2.05) is 6.07 Å². The number of carbonyl (C=O) groups excluding carboxylic acids is 1. The van der Waals surface area contributed by atoms with Crippen molar-refractivity contribution in [3.8, 4) is 0 Å². The molecule has 94 valence electrons. The molecule has 0 spiro atoms. The van der Waals surface area contributed by atoms with E-state index in [0.717, 1.165) is 37.3 Å². The van der Waals surface area contributed by atoms with Gasteiger partial charge in [0, 0.05) is 11.8 Å². The number of rotatable bonds is 3. The zero-order valence-electron chi connectivity index (χ0n) is 10.4. The van der Waals surface area contributed by atoms with Gasteiger partial charge in [0.15, 0.2) is 17.8 Å². The van der Waals surface area contributed by atoms with Gasteiger partial charge in [-0.05, 0) is 38.1 Å². The van der Waals surface area contributed by atoms with Crippen LogP contribution < -0.4 is 0 Å². The Bertz CT molecular complexity index is 577. The topological polar surface area (TPSA) is 50.5 Å². The van der Waals surface area contributed by atoms with E-state index in [1.165, 1.54) is 6.42 Å². The predicted octanol–water partition coefficient (Wildman–Crippen LogP) is 1.70. The van der Waals surface area contributed by atoms with Gasteiger partial charge in [-0.1, -0.05) is 6.92 Å². The molecule has 3 rings (SSSR count). The number of carbonyl (C=O) groups is 1. The van der Waals surface area contributed by atoms with E-state index in [1.54, 1.807) is 16.8 Å². The molecule has 5 nitrogen and oxygen atoms in total. The summed E-state index contributed by atoms with van der Waals surface area (Å²) in [7, 11) is 0. The van der Waals surface area contributed by atoms with Crippen molar-refractivity contribution in [3.05, 3.63) is 29.7 Å². The molecule has 1 fully saturated rings. The second-order valence-corrected chi connectivity index (χ2v) is 4.64. The summed E-state index contributed by atoms with van der Waals surface area (Å²) in [6.07, 6.45) is 4.87. The van der Waals surface area contributed by atoms with Crippen molar-refractivity contribution in [1.29, 1.82) is 0 Å². The van der Waals surface area contributed by atoms with E-state index in [2.05, 4.69) is 21.9 Å². The minimum atomic E-state index is 0.328. The highest BCUT2D eigenvalue weighted by molar-refractivity contribution is 5.74. The van der Waals surface area contributed by atoms with Crippen molar-refractivity contribution >= 4 is 11.9 Å². The van der Waals surface area contributed by atoms with E-state index in [0.29, 0.717) is 11.6 Å². The van der Waals surface area contributed by atoms with Crippen molar-refractivity contribution in [2.24, 2.45) is 0 Å². The molecule has 0 aliphatic carbocycles. The van der Waals surface area contributed by atoms with Gasteiger partial charge < -0.3 is 0 Å². The molecule has 1 aliphatic rings.